The van der Waals surface area contributed by atoms with Crippen LogP contribution in [-0.4, -0.2) is 41.3 Å². The number of aromatic nitrogens is 5. The van der Waals surface area contributed by atoms with Crippen molar-refractivity contribution in [1.29, 1.82) is 0 Å². The number of fused-ring (bicyclic) bond motifs is 4. The van der Waals surface area contributed by atoms with Gasteiger partial charge in [-0.05, 0) is 63.3 Å². The fourth-order valence-electron chi connectivity index (χ4n) is 6.86. The Morgan fingerprint density at radius 2 is 1.91 bits per heavy atom. The molecule has 1 amide bonds. The first-order valence-electron chi connectivity index (χ1n) is 16.7. The zero-order valence-electron chi connectivity index (χ0n) is 29.2. The number of carbonyl (C=O) groups is 1. The van der Waals surface area contributed by atoms with E-state index in [1.54, 1.807) is 25.1 Å². The third kappa shape index (κ3) is 6.95. The Morgan fingerprint density at radius 1 is 1.17 bits per heavy atom. The first kappa shape index (κ1) is 38.2. The molecule has 9 nitrogen and oxygen atoms in total. The van der Waals surface area contributed by atoms with E-state index in [9.17, 15) is 36.6 Å². The Balaban J connectivity index is 1.50. The molecule has 2 aliphatic rings. The van der Waals surface area contributed by atoms with Gasteiger partial charge in [0.2, 0.25) is 5.91 Å². The summed E-state index contributed by atoms with van der Waals surface area (Å²) in [6.45, 7) is 4.59. The van der Waals surface area contributed by atoms with E-state index in [4.69, 9.17) is 0 Å². The van der Waals surface area contributed by atoms with Crippen LogP contribution in [0.5, 0.6) is 0 Å². The van der Waals surface area contributed by atoms with Gasteiger partial charge in [-0.2, -0.15) is 35.8 Å². The van der Waals surface area contributed by atoms with Crippen LogP contribution in [0.25, 0.3) is 22.0 Å². The lowest BCUT2D eigenvalue weighted by atomic mass is 9.67. The number of aliphatic hydroxyl groups is 1. The van der Waals surface area contributed by atoms with Gasteiger partial charge < -0.3 is 15.4 Å². The SMILES string of the molecule is CC/C=C(\C=C(F)F)C[C@H](NC(=O)Cn1nc(C(F)(F)F)c2c1C(F)(F)[C@]1(C)C=C[C@H]21)c1nc(C#CC(C)(C)O)ccc1-c1cccc2c(=O)[nH]cnc12. The summed E-state index contributed by atoms with van der Waals surface area (Å²) >= 11 is 0. The monoisotopic (exact) mass is 754 g/mol. The van der Waals surface area contributed by atoms with Crippen LogP contribution < -0.4 is 10.9 Å². The average molecular weight is 755 g/mol. The van der Waals surface area contributed by atoms with Crippen LogP contribution in [0, 0.1) is 17.3 Å². The number of aromatic amines is 1. The fourth-order valence-corrected chi connectivity index (χ4v) is 6.86. The number of H-pyrrole nitrogens is 1. The minimum atomic E-state index is -5.11. The van der Waals surface area contributed by atoms with Crippen LogP contribution in [0.2, 0.25) is 0 Å². The molecule has 6 rings (SSSR count). The van der Waals surface area contributed by atoms with Crippen molar-refractivity contribution in [3.63, 3.8) is 0 Å². The Labute approximate surface area is 303 Å². The van der Waals surface area contributed by atoms with Gasteiger partial charge in [-0.15, -0.1) is 0 Å². The first-order chi connectivity index (χ1) is 25.2. The maximum absolute atomic E-state index is 15.9. The van der Waals surface area contributed by atoms with Crippen molar-refractivity contribution in [3.8, 4) is 23.0 Å². The highest BCUT2D eigenvalue weighted by atomic mass is 19.4. The van der Waals surface area contributed by atoms with Crippen molar-refractivity contribution in [1.82, 2.24) is 30.0 Å². The number of carbonyl (C=O) groups excluding carboxylic acids is 1. The number of benzene rings is 1. The second-order valence-corrected chi connectivity index (χ2v) is 13.8. The molecule has 0 unspecified atom stereocenters. The highest BCUT2D eigenvalue weighted by Crippen LogP contribution is 2.67. The largest absolute Gasteiger partial charge is 0.435 e. The van der Waals surface area contributed by atoms with Crippen LogP contribution in [0.4, 0.5) is 30.7 Å². The molecule has 0 saturated carbocycles. The first-order valence-corrected chi connectivity index (χ1v) is 16.7. The number of alkyl halides is 5. The maximum atomic E-state index is 15.9. The Hall–Kier alpha value is -5.56. The van der Waals surface area contributed by atoms with Gasteiger partial charge in [0.1, 0.15) is 23.5 Å². The van der Waals surface area contributed by atoms with Gasteiger partial charge in [-0.25, -0.2) is 9.97 Å². The van der Waals surface area contributed by atoms with Gasteiger partial charge in [0.15, 0.2) is 5.69 Å². The average Bonchev–Trinajstić information content (AvgIpc) is 3.49. The van der Waals surface area contributed by atoms with E-state index in [2.05, 4.69) is 37.2 Å². The summed E-state index contributed by atoms with van der Waals surface area (Å²) in [6.07, 6.45) is -1.63. The molecule has 3 atom stereocenters. The van der Waals surface area contributed by atoms with E-state index in [1.165, 1.54) is 44.5 Å². The third-order valence-electron chi connectivity index (χ3n) is 9.36. The van der Waals surface area contributed by atoms with Gasteiger partial charge >= 0.3 is 6.18 Å². The van der Waals surface area contributed by atoms with E-state index >= 15 is 8.78 Å². The lowest BCUT2D eigenvalue weighted by molar-refractivity contribution is -0.143. The smallest absolute Gasteiger partial charge is 0.378 e. The number of pyridine rings is 1. The van der Waals surface area contributed by atoms with Gasteiger partial charge in [0.05, 0.1) is 34.4 Å². The molecule has 0 radical (unpaired) electrons. The highest BCUT2D eigenvalue weighted by Gasteiger charge is 2.68. The molecule has 0 saturated heterocycles. The van der Waals surface area contributed by atoms with Gasteiger partial charge in [0.25, 0.3) is 17.6 Å². The highest BCUT2D eigenvalue weighted by molar-refractivity contribution is 5.93. The molecular formula is C38H33F7N6O3. The molecule has 3 heterocycles. The molecule has 0 spiro atoms. The maximum Gasteiger partial charge on any atom is 0.435 e. The van der Waals surface area contributed by atoms with Crippen molar-refractivity contribution in [2.45, 2.75) is 76.7 Å². The topological polar surface area (TPSA) is 126 Å². The molecule has 3 aromatic heterocycles. The van der Waals surface area contributed by atoms with Crippen LogP contribution in [-0.2, 0) is 23.4 Å². The van der Waals surface area contributed by atoms with E-state index < -0.39 is 76.1 Å². The van der Waals surface area contributed by atoms with E-state index in [0.717, 1.165) is 13.0 Å². The van der Waals surface area contributed by atoms with Gasteiger partial charge in [-0.3, -0.25) is 14.3 Å². The second kappa shape index (κ2) is 13.7. The summed E-state index contributed by atoms with van der Waals surface area (Å²) in [5.41, 5.74) is -6.21. The second-order valence-electron chi connectivity index (χ2n) is 13.8. The molecule has 1 aromatic carbocycles. The lowest BCUT2D eigenvalue weighted by Gasteiger charge is -2.39. The molecule has 0 bridgehead atoms. The van der Waals surface area contributed by atoms with E-state index in [1.807, 2.05) is 0 Å². The van der Waals surface area contributed by atoms with Crippen molar-refractivity contribution < 1.29 is 40.6 Å². The summed E-state index contributed by atoms with van der Waals surface area (Å²) < 4.78 is 102. The number of amides is 1. The minimum absolute atomic E-state index is 0.0110. The number of allylic oxidation sites excluding steroid dienone is 4. The number of halogens is 7. The standard InChI is InChI=1S/C38H33F7N6O3/c1-5-7-20(17-27(39)40)16-26(49-28(52)18-51-33-29(32(50-51)38(43,44)45)25-13-15-36(25,4)37(33,41)42)31-23(11-10-21(48-31)12-14-35(2,3)54)22-8-6-9-24-30(22)46-19-47-34(24)53/h6-11,13,15,17,19,25-26,54H,5,16,18H2,1-4H3,(H,49,52)(H,46,47,53)/b20-7-/t25-,26+,36-/m1/s1. The number of rotatable bonds is 9. The van der Waals surface area contributed by atoms with Crippen molar-refractivity contribution in [3.05, 3.63) is 111 Å². The molecule has 0 fully saturated rings. The van der Waals surface area contributed by atoms with Crippen LogP contribution in [0.3, 0.4) is 0 Å². The fraction of sp³-hybridized carbons (Fsp3) is 0.342. The molecule has 54 heavy (non-hydrogen) atoms. The van der Waals surface area contributed by atoms with Crippen molar-refractivity contribution in [2.24, 2.45) is 5.41 Å². The number of hydrogen-bond donors (Lipinski definition) is 3. The predicted octanol–water partition coefficient (Wildman–Crippen LogP) is 7.45. The minimum Gasteiger partial charge on any atom is -0.378 e. The molecule has 0 aliphatic heterocycles. The Bertz CT molecular complexity index is 2370. The Morgan fingerprint density at radius 3 is 2.54 bits per heavy atom. The molecule has 16 heteroatoms. The third-order valence-corrected chi connectivity index (χ3v) is 9.36. The predicted molar refractivity (Wildman–Crippen MR) is 184 cm³/mol. The molecule has 4 aromatic rings. The Kier molecular flexibility index (Phi) is 9.68. The zero-order valence-corrected chi connectivity index (χ0v) is 29.2. The molecule has 2 aliphatic carbocycles. The van der Waals surface area contributed by atoms with Crippen LogP contribution in [0.15, 0.2) is 77.4 Å². The number of nitrogens with zero attached hydrogens (tertiary/aromatic N) is 4. The lowest BCUT2D eigenvalue weighted by Crippen LogP contribution is -2.40. The van der Waals surface area contributed by atoms with Crippen molar-refractivity contribution >= 4 is 16.8 Å². The molecule has 3 N–H and O–H groups in total. The van der Waals surface area contributed by atoms with Crippen LogP contribution >= 0.6 is 0 Å². The van der Waals surface area contributed by atoms with Crippen LogP contribution in [0.1, 0.15) is 80.8 Å². The number of para-hydroxylation sites is 1. The summed E-state index contributed by atoms with van der Waals surface area (Å²) in [7, 11) is 0. The van der Waals surface area contributed by atoms with E-state index in [0.29, 0.717) is 16.3 Å². The van der Waals surface area contributed by atoms with E-state index in [-0.39, 0.29) is 46.3 Å². The molecule has 282 valence electrons. The zero-order chi connectivity index (χ0) is 39.4. The normalized spacial score (nSPS) is 19.3. The summed E-state index contributed by atoms with van der Waals surface area (Å²) in [5, 5.41) is 16.5. The van der Waals surface area contributed by atoms with Gasteiger partial charge in [0, 0.05) is 28.7 Å². The molecular weight excluding hydrogens is 721 g/mol. The number of nitrogens with one attached hydrogen (secondary N) is 2. The summed E-state index contributed by atoms with van der Waals surface area (Å²) in [6, 6.07) is 6.38. The van der Waals surface area contributed by atoms with Crippen molar-refractivity contribution in [2.75, 3.05) is 0 Å². The summed E-state index contributed by atoms with van der Waals surface area (Å²) in [5.74, 6) is -0.835. The quantitative estimate of drug-likeness (QED) is 0.0706. The number of hydrogen-bond acceptors (Lipinski definition) is 6. The van der Waals surface area contributed by atoms with Gasteiger partial charge in [-0.1, -0.05) is 43.2 Å². The summed E-state index contributed by atoms with van der Waals surface area (Å²) in [4.78, 5) is 38.0.